The van der Waals surface area contributed by atoms with Crippen LogP contribution < -0.4 is 174 Å². The minimum absolute atomic E-state index is 0. The predicted molar refractivity (Wildman–Crippen MR) is 81.6 cm³/mol. The molecule has 0 saturated carbocycles. The van der Waals surface area contributed by atoms with E-state index in [1.165, 1.54) is 0 Å². The Balaban J connectivity index is -0.0000000265. The predicted octanol–water partition coefficient (Wildman–Crippen LogP) is -31.4. The van der Waals surface area contributed by atoms with Gasteiger partial charge in [0.25, 0.3) is 0 Å². The van der Waals surface area contributed by atoms with E-state index in [2.05, 4.69) is 0 Å². The van der Waals surface area contributed by atoms with Crippen LogP contribution in [0.5, 0.6) is 0 Å². The number of carboxylic acid groups (broad SMARTS) is 14. The van der Waals surface area contributed by atoms with Gasteiger partial charge in [0.1, 0.15) is 0 Å². The Morgan fingerprint density at radius 2 is 0.208 bits per heavy atom. The zero-order valence-electron chi connectivity index (χ0n) is 22.8. The second kappa shape index (κ2) is 56.2. The molecule has 0 unspecified atom stereocenters. The Morgan fingerprint density at radius 3 is 0.208 bits per heavy atom. The molecule has 0 aliphatic heterocycles. The second-order valence-electron chi connectivity index (χ2n) is 4.02. The van der Waals surface area contributed by atoms with Crippen LogP contribution in [-0.4, -0.2) is 159 Å². The molecule has 0 rings (SSSR count). The van der Waals surface area contributed by atoms with E-state index in [0.29, 0.717) is 0 Å². The van der Waals surface area contributed by atoms with Gasteiger partial charge >= 0.3 is 222 Å². The molecule has 238 valence electrons. The van der Waals surface area contributed by atoms with E-state index in [-0.39, 0.29) is 222 Å². The van der Waals surface area contributed by atoms with Crippen molar-refractivity contribution in [2.24, 2.45) is 0 Å². The summed E-state index contributed by atoms with van der Waals surface area (Å²) in [6.07, 6.45) is 0. The molecule has 0 aromatic heterocycles. The van der Waals surface area contributed by atoms with Gasteiger partial charge < -0.3 is 139 Å². The van der Waals surface area contributed by atoms with Crippen molar-refractivity contribution in [1.82, 2.24) is 0 Å². The quantitative estimate of drug-likeness (QED) is 0.161. The maximum atomic E-state index is 8.93. The van der Waals surface area contributed by atoms with E-state index >= 15 is 0 Å². The first-order valence-electron chi connectivity index (χ1n) is 7.47. The molecule has 0 radical (unpaired) electrons. The average molecular weight is 870 g/mol. The van der Waals surface area contributed by atoms with E-state index in [9.17, 15) is 0 Å². The fourth-order valence-electron chi connectivity index (χ4n) is 0. The largest absolute Gasteiger partial charge is 4.00 e. The van der Waals surface area contributed by atoms with Crippen LogP contribution in [0, 0.1) is 0 Å². The van der Waals surface area contributed by atoms with E-state index in [1.807, 2.05) is 0 Å². The van der Waals surface area contributed by atoms with E-state index in [4.69, 9.17) is 139 Å². The number of hydrogen-bond donors (Lipinski definition) is 0. The molecule has 48 heavy (non-hydrogen) atoms. The van der Waals surface area contributed by atoms with Gasteiger partial charge in [-0.3, -0.25) is 0 Å². The summed E-state index contributed by atoms with van der Waals surface area (Å²) in [4.78, 5) is 125. The summed E-state index contributed by atoms with van der Waals surface area (Å²) in [6.45, 7) is 0. The third kappa shape index (κ3) is 119. The molecule has 0 saturated heterocycles. The van der Waals surface area contributed by atoms with Gasteiger partial charge in [-0.15, -0.1) is 0 Å². The van der Waals surface area contributed by atoms with Crippen molar-refractivity contribution < 1.29 is 285 Å². The van der Waals surface area contributed by atoms with E-state index in [0.717, 1.165) is 0 Å². The Bertz CT molecular complexity index is 772. The number of aliphatic carboxylic acids is 14. The van der Waals surface area contributed by atoms with Crippen LogP contribution >= 0.6 is 0 Å². The fraction of sp³-hybridized carbons (Fsp3) is 0. The zero-order valence-corrected chi connectivity index (χ0v) is 36.6. The van der Waals surface area contributed by atoms with Crippen molar-refractivity contribution >= 4 is 159 Å². The van der Waals surface area contributed by atoms with Crippen LogP contribution in [0.3, 0.4) is 0 Å². The summed E-state index contributed by atoms with van der Waals surface area (Å²) in [6, 6.07) is 0. The van der Waals surface area contributed by atoms with Crippen LogP contribution in [0.15, 0.2) is 0 Å². The van der Waals surface area contributed by atoms with Gasteiger partial charge in [-0.1, -0.05) is 0 Å². The summed E-state index contributed by atoms with van der Waals surface area (Å²) in [5, 5.41) is 125. The van der Waals surface area contributed by atoms with Crippen molar-refractivity contribution in [3.8, 4) is 0 Å². The van der Waals surface area contributed by atoms with Gasteiger partial charge in [-0.05, 0) is 0 Å². The van der Waals surface area contributed by atoms with Crippen molar-refractivity contribution in [1.29, 1.82) is 0 Å². The van der Waals surface area contributed by atoms with Gasteiger partial charge in [0, 0.05) is 0 Å². The van der Waals surface area contributed by atoms with Crippen molar-refractivity contribution in [2.45, 2.75) is 0 Å². The first-order valence-corrected chi connectivity index (χ1v) is 7.47. The summed E-state index contributed by atoms with van der Waals surface area (Å²) in [7, 11) is 0. The van der Waals surface area contributed by atoms with Gasteiger partial charge in [-0.2, -0.15) is 0 Å². The molecule has 28 nitrogen and oxygen atoms in total. The standard InChI is InChI=1S/7C2H2O4.2Ca.2K.2Ti/c7*3-1(4)2(5)6;;;;;;/h7*(H,3,4)(H,5,6);;;;;;/q;;;;;;;2*+2;2*+1;2*+4/p-14. The van der Waals surface area contributed by atoms with Crippen molar-refractivity contribution in [3.05, 3.63) is 0 Å². The van der Waals surface area contributed by atoms with Gasteiger partial charge in [0.15, 0.2) is 0 Å². The molecular formula is C14Ca2K2O28Ti2. The van der Waals surface area contributed by atoms with Gasteiger partial charge in [0.2, 0.25) is 0 Å². The van der Waals surface area contributed by atoms with Gasteiger partial charge in [-0.25, -0.2) is 0 Å². The first-order chi connectivity index (χ1) is 18.5. The molecule has 0 spiro atoms. The van der Waals surface area contributed by atoms with Crippen LogP contribution in [0.25, 0.3) is 0 Å². The minimum Gasteiger partial charge on any atom is -0.543 e. The minimum atomic E-state index is -2.19. The maximum absolute atomic E-state index is 8.93. The molecule has 0 bridgehead atoms. The van der Waals surface area contributed by atoms with E-state index in [1.54, 1.807) is 0 Å². The van der Waals surface area contributed by atoms with Crippen molar-refractivity contribution in [2.75, 3.05) is 0 Å². The number of carboxylic acids is 14. The van der Waals surface area contributed by atoms with Crippen LogP contribution in [0.1, 0.15) is 0 Å². The third-order valence-electron chi connectivity index (χ3n) is 1.17. The maximum Gasteiger partial charge on any atom is 4.00 e. The normalized spacial score (nSPS) is 6.42. The molecule has 0 aromatic rings. The summed E-state index contributed by atoms with van der Waals surface area (Å²) >= 11 is 0. The number of carbonyl (C=O) groups excluding carboxylic acids is 14. The Morgan fingerprint density at radius 1 is 0.188 bits per heavy atom. The molecule has 34 heteroatoms. The molecule has 0 atom stereocenters. The van der Waals surface area contributed by atoms with Crippen LogP contribution in [0.4, 0.5) is 0 Å². The molecule has 0 N–H and O–H groups in total. The first kappa shape index (κ1) is 86.4. The van der Waals surface area contributed by atoms with Crippen LogP contribution in [0.2, 0.25) is 0 Å². The average Bonchev–Trinajstić information content (AvgIpc) is 2.80. The molecule has 0 amide bonds. The zero-order chi connectivity index (χ0) is 36.1. The molecular weight excluding hydrogens is 870 g/mol. The molecule has 0 heterocycles. The molecule has 0 fully saturated rings. The van der Waals surface area contributed by atoms with Crippen LogP contribution in [-0.2, 0) is 111 Å². The monoisotopic (exact) mass is 870 g/mol. The van der Waals surface area contributed by atoms with E-state index < -0.39 is 83.6 Å². The van der Waals surface area contributed by atoms with Gasteiger partial charge in [0.05, 0.1) is 83.6 Å². The topological polar surface area (TPSA) is 562 Å². The number of carbonyl (C=O) groups is 14. The smallest absolute Gasteiger partial charge is 0.543 e. The van der Waals surface area contributed by atoms with Crippen molar-refractivity contribution in [3.63, 3.8) is 0 Å². The third-order valence-corrected chi connectivity index (χ3v) is 1.17. The number of hydrogen-bond acceptors (Lipinski definition) is 28. The Kier molecular flexibility index (Phi) is 101. The Labute approximate surface area is 435 Å². The molecule has 0 aromatic carbocycles. The summed E-state index contributed by atoms with van der Waals surface area (Å²) < 4.78 is 0. The Hall–Kier alpha value is -0.199. The summed E-state index contributed by atoms with van der Waals surface area (Å²) in [5.41, 5.74) is 0. The number of rotatable bonds is 0. The second-order valence-corrected chi connectivity index (χ2v) is 4.02. The molecule has 0 aliphatic carbocycles. The fourth-order valence-corrected chi connectivity index (χ4v) is 0. The summed E-state index contributed by atoms with van der Waals surface area (Å²) in [5.74, 6) is -30.6. The SMILES string of the molecule is O=C([O-])C(=O)[O-].O=C([O-])C(=O)[O-].O=C([O-])C(=O)[O-].O=C([O-])C(=O)[O-].O=C([O-])C(=O)[O-].O=C([O-])C(=O)[O-].O=C([O-])C(=O)[O-].[Ca+2].[Ca+2].[K+].[K+].[Ti+4].[Ti+4]. The molecule has 0 aliphatic rings.